The lowest BCUT2D eigenvalue weighted by atomic mass is 9.72. The van der Waals surface area contributed by atoms with Gasteiger partial charge in [-0.3, -0.25) is 0 Å². The van der Waals surface area contributed by atoms with Gasteiger partial charge in [0.25, 0.3) is 0 Å². The maximum absolute atomic E-state index is 2.50. The van der Waals surface area contributed by atoms with Crippen LogP contribution >= 0.6 is 0 Å². The Labute approximate surface area is 234 Å². The first-order valence-electron chi connectivity index (χ1n) is 14.4. The Morgan fingerprint density at radius 2 is 1.30 bits per heavy atom. The zero-order chi connectivity index (χ0) is 26.6. The summed E-state index contributed by atoms with van der Waals surface area (Å²) in [7, 11) is 0. The zero-order valence-corrected chi connectivity index (χ0v) is 22.7. The van der Waals surface area contributed by atoms with Gasteiger partial charge in [0.15, 0.2) is 0 Å². The lowest BCUT2D eigenvalue weighted by Gasteiger charge is -2.31. The van der Waals surface area contributed by atoms with Crippen molar-refractivity contribution in [1.82, 2.24) is 4.57 Å². The zero-order valence-electron chi connectivity index (χ0n) is 22.7. The van der Waals surface area contributed by atoms with E-state index in [-0.39, 0.29) is 5.41 Å². The Bertz CT molecular complexity index is 2190. The van der Waals surface area contributed by atoms with E-state index in [1.54, 1.807) is 0 Å². The van der Waals surface area contributed by atoms with Crippen LogP contribution in [0.4, 0.5) is 0 Å². The van der Waals surface area contributed by atoms with E-state index in [4.69, 9.17) is 0 Å². The Morgan fingerprint density at radius 3 is 2.12 bits per heavy atom. The van der Waals surface area contributed by atoms with Gasteiger partial charge in [-0.25, -0.2) is 0 Å². The summed E-state index contributed by atoms with van der Waals surface area (Å²) in [5.41, 5.74) is 12.2. The van der Waals surface area contributed by atoms with Crippen molar-refractivity contribution < 1.29 is 0 Å². The summed E-state index contributed by atoms with van der Waals surface area (Å²) in [5.74, 6) is 0.781. The summed E-state index contributed by atoms with van der Waals surface area (Å²) in [4.78, 5) is 0. The van der Waals surface area contributed by atoms with E-state index < -0.39 is 0 Å². The summed E-state index contributed by atoms with van der Waals surface area (Å²) in [6.45, 7) is 4.74. The summed E-state index contributed by atoms with van der Waals surface area (Å²) in [6, 6.07) is 29.9. The van der Waals surface area contributed by atoms with Crippen molar-refractivity contribution in [2.45, 2.75) is 19.3 Å². The van der Waals surface area contributed by atoms with E-state index in [1.807, 2.05) is 0 Å². The molecule has 4 aliphatic carbocycles. The molecule has 1 heterocycles. The van der Waals surface area contributed by atoms with Crippen LogP contribution in [-0.2, 0) is 5.41 Å². The highest BCUT2D eigenvalue weighted by molar-refractivity contribution is 6.11. The van der Waals surface area contributed by atoms with Crippen LogP contribution in [0.5, 0.6) is 0 Å². The van der Waals surface area contributed by atoms with Gasteiger partial charge in [0.1, 0.15) is 0 Å². The lowest BCUT2D eigenvalue weighted by Crippen LogP contribution is -2.39. The van der Waals surface area contributed by atoms with Gasteiger partial charge in [0.2, 0.25) is 0 Å². The normalized spacial score (nSPS) is 20.9. The first-order valence-corrected chi connectivity index (χ1v) is 14.4. The molecule has 0 aliphatic heterocycles. The van der Waals surface area contributed by atoms with Gasteiger partial charge in [-0.15, -0.1) is 0 Å². The Morgan fingerprint density at radius 1 is 0.575 bits per heavy atom. The minimum Gasteiger partial charge on any atom is -0.309 e. The van der Waals surface area contributed by atoms with Crippen molar-refractivity contribution in [2.24, 2.45) is 11.8 Å². The SMILES string of the molecule is CC1(C)c2ccccc2-c2cc3c4ccccc4n(-c4ccc5c(c4)=C4C=CC=CC4C4C=CC=CC=54)c3cc21. The van der Waals surface area contributed by atoms with Gasteiger partial charge in [-0.1, -0.05) is 111 Å². The molecule has 2 unspecified atom stereocenters. The molecule has 0 amide bonds. The van der Waals surface area contributed by atoms with Crippen molar-refractivity contribution in [3.8, 4) is 16.8 Å². The highest BCUT2D eigenvalue weighted by atomic mass is 15.0. The fraction of sp³-hybridized carbons (Fsp3) is 0.128. The minimum atomic E-state index is -0.0357. The average molecular weight is 512 g/mol. The number of aromatic nitrogens is 1. The van der Waals surface area contributed by atoms with E-state index in [9.17, 15) is 0 Å². The molecule has 0 spiro atoms. The van der Waals surface area contributed by atoms with Crippen LogP contribution in [0.25, 0.3) is 49.8 Å². The van der Waals surface area contributed by atoms with Crippen LogP contribution in [0.3, 0.4) is 0 Å². The largest absolute Gasteiger partial charge is 0.309 e. The molecule has 0 saturated carbocycles. The second kappa shape index (κ2) is 7.73. The second-order valence-corrected chi connectivity index (χ2v) is 12.1. The molecule has 1 aromatic heterocycles. The maximum atomic E-state index is 2.50. The Balaban J connectivity index is 1.38. The van der Waals surface area contributed by atoms with Gasteiger partial charge in [-0.2, -0.15) is 0 Å². The van der Waals surface area contributed by atoms with Crippen molar-refractivity contribution in [1.29, 1.82) is 0 Å². The van der Waals surface area contributed by atoms with Gasteiger partial charge in [0, 0.05) is 33.7 Å². The number of allylic oxidation sites excluding steroid dienone is 8. The third-order valence-corrected chi connectivity index (χ3v) is 9.77. The van der Waals surface area contributed by atoms with Crippen molar-refractivity contribution >= 4 is 33.0 Å². The summed E-state index contributed by atoms with van der Waals surface area (Å²) in [6.07, 6.45) is 18.2. The molecule has 1 heteroatoms. The molecule has 0 radical (unpaired) electrons. The number of hydrogen-bond acceptors (Lipinski definition) is 0. The number of benzene rings is 4. The van der Waals surface area contributed by atoms with Gasteiger partial charge >= 0.3 is 0 Å². The third kappa shape index (κ3) is 2.77. The highest BCUT2D eigenvalue weighted by Crippen LogP contribution is 2.51. The van der Waals surface area contributed by atoms with Crippen LogP contribution < -0.4 is 10.4 Å². The number of hydrogen-bond donors (Lipinski definition) is 0. The first-order chi connectivity index (χ1) is 19.6. The number of para-hydroxylation sites is 1. The van der Waals surface area contributed by atoms with Crippen LogP contribution in [0.1, 0.15) is 25.0 Å². The van der Waals surface area contributed by atoms with E-state index >= 15 is 0 Å². The molecule has 1 nitrogen and oxygen atoms in total. The number of rotatable bonds is 1. The van der Waals surface area contributed by atoms with Gasteiger partial charge < -0.3 is 4.57 Å². The van der Waals surface area contributed by atoms with E-state index in [0.29, 0.717) is 11.8 Å². The second-order valence-electron chi connectivity index (χ2n) is 12.1. The predicted octanol–water partition coefficient (Wildman–Crippen LogP) is 7.89. The molecule has 0 fully saturated rings. The molecular weight excluding hydrogens is 482 g/mol. The van der Waals surface area contributed by atoms with Crippen LogP contribution in [0.15, 0.2) is 127 Å². The van der Waals surface area contributed by atoms with Gasteiger partial charge in [-0.05, 0) is 74.2 Å². The Hall–Kier alpha value is -4.62. The monoisotopic (exact) mass is 511 g/mol. The first kappa shape index (κ1) is 22.2. The van der Waals surface area contributed by atoms with Crippen LogP contribution in [-0.4, -0.2) is 4.57 Å². The molecule has 0 N–H and O–H groups in total. The molecule has 0 bridgehead atoms. The fourth-order valence-corrected chi connectivity index (χ4v) is 7.88. The molecule has 4 aromatic carbocycles. The smallest absolute Gasteiger partial charge is 0.0544 e. The lowest BCUT2D eigenvalue weighted by molar-refractivity contribution is 0.661. The molecule has 190 valence electrons. The van der Waals surface area contributed by atoms with Crippen molar-refractivity contribution in [2.75, 3.05) is 0 Å². The molecule has 9 rings (SSSR count). The quantitative estimate of drug-likeness (QED) is 0.216. The molecule has 40 heavy (non-hydrogen) atoms. The Kier molecular flexibility index (Phi) is 4.30. The fourth-order valence-electron chi connectivity index (χ4n) is 7.88. The highest BCUT2D eigenvalue weighted by Gasteiger charge is 2.36. The topological polar surface area (TPSA) is 4.93 Å². The molecule has 5 aromatic rings. The van der Waals surface area contributed by atoms with E-state index in [2.05, 4.69) is 146 Å². The summed E-state index contributed by atoms with van der Waals surface area (Å²) >= 11 is 0. The minimum absolute atomic E-state index is 0.0357. The number of fused-ring (bicyclic) bond motifs is 10. The van der Waals surface area contributed by atoms with Gasteiger partial charge in [0.05, 0.1) is 11.0 Å². The van der Waals surface area contributed by atoms with E-state index in [0.717, 1.165) is 0 Å². The number of nitrogens with zero attached hydrogens (tertiary/aromatic N) is 1. The summed E-state index contributed by atoms with van der Waals surface area (Å²) in [5, 5.41) is 5.34. The van der Waals surface area contributed by atoms with Crippen molar-refractivity contribution in [3.05, 3.63) is 149 Å². The molecule has 0 saturated heterocycles. The summed E-state index contributed by atoms with van der Waals surface area (Å²) < 4.78 is 2.50. The average Bonchev–Trinajstić information content (AvgIpc) is 3.45. The van der Waals surface area contributed by atoms with Crippen molar-refractivity contribution in [3.63, 3.8) is 0 Å². The molecular formula is C39H29N. The van der Waals surface area contributed by atoms with Crippen LogP contribution in [0.2, 0.25) is 0 Å². The standard InChI is InChI=1S/C39H29N/c1-39(2)35-17-9-7-15-30(35)33-22-34-31-16-8-10-18-37(31)40(38(34)23-36(33)39)24-19-20-29-27-13-4-3-11-25(27)26-12-5-6-14-28(26)32(29)21-24/h3-23,25-26H,1-2H3. The molecule has 4 aliphatic rings. The van der Waals surface area contributed by atoms with E-state index in [1.165, 1.54) is 71.3 Å². The van der Waals surface area contributed by atoms with Crippen LogP contribution in [0, 0.1) is 11.8 Å². The third-order valence-electron chi connectivity index (χ3n) is 9.77. The molecule has 2 atom stereocenters. The predicted molar refractivity (Wildman–Crippen MR) is 168 cm³/mol. The maximum Gasteiger partial charge on any atom is 0.0544 e.